The predicted octanol–water partition coefficient (Wildman–Crippen LogP) is 3.51. The zero-order chi connectivity index (χ0) is 14.6. The van der Waals surface area contributed by atoms with Crippen LogP contribution in [0.15, 0.2) is 18.2 Å². The minimum Gasteiger partial charge on any atom is -0.312 e. The first kappa shape index (κ1) is 15.6. The van der Waals surface area contributed by atoms with Crippen LogP contribution in [-0.2, 0) is 6.54 Å². The molecule has 0 radical (unpaired) electrons. The Kier molecular flexibility index (Phi) is 5.00. The van der Waals surface area contributed by atoms with Crippen molar-refractivity contribution in [1.82, 2.24) is 5.32 Å². The molecule has 1 aromatic carbocycles. The number of nitro groups is 1. The second-order valence-corrected chi connectivity index (χ2v) is 5.94. The Morgan fingerprint density at radius 3 is 2.53 bits per heavy atom. The number of nitrogens with zero attached hydrogens (tertiary/aromatic N) is 1. The van der Waals surface area contributed by atoms with Crippen molar-refractivity contribution < 1.29 is 9.31 Å². The second kappa shape index (κ2) is 6.10. The van der Waals surface area contributed by atoms with E-state index in [1.165, 1.54) is 12.1 Å². The van der Waals surface area contributed by atoms with Crippen molar-refractivity contribution in [3.8, 4) is 0 Å². The lowest BCUT2D eigenvalue weighted by atomic mass is 9.82. The van der Waals surface area contributed by atoms with Gasteiger partial charge in [0.05, 0.1) is 4.92 Å². The quantitative estimate of drug-likeness (QED) is 0.656. The summed E-state index contributed by atoms with van der Waals surface area (Å²) in [4.78, 5) is 9.78. The van der Waals surface area contributed by atoms with Gasteiger partial charge in [-0.05, 0) is 29.5 Å². The SMILES string of the molecule is CC(CNCc1ccc([N+](=O)[O-])c(F)c1)C(C)(C)C. The standard InChI is InChI=1S/C14H21FN2O2/c1-10(14(2,3)4)8-16-9-11-5-6-13(17(18)19)12(15)7-11/h5-7,10,16H,8-9H2,1-4H3. The zero-order valence-electron chi connectivity index (χ0n) is 11.9. The van der Waals surface area contributed by atoms with Crippen LogP contribution in [0.25, 0.3) is 0 Å². The van der Waals surface area contributed by atoms with Gasteiger partial charge in [-0.15, -0.1) is 0 Å². The molecule has 106 valence electrons. The Morgan fingerprint density at radius 1 is 1.42 bits per heavy atom. The smallest absolute Gasteiger partial charge is 0.304 e. The summed E-state index contributed by atoms with van der Waals surface area (Å²) in [6.45, 7) is 10.0. The first-order valence-electron chi connectivity index (χ1n) is 6.35. The van der Waals surface area contributed by atoms with Crippen molar-refractivity contribution >= 4 is 5.69 Å². The van der Waals surface area contributed by atoms with Crippen molar-refractivity contribution in [2.24, 2.45) is 11.3 Å². The van der Waals surface area contributed by atoms with E-state index < -0.39 is 16.4 Å². The number of nitro benzene ring substituents is 1. The van der Waals surface area contributed by atoms with Crippen LogP contribution in [0.1, 0.15) is 33.3 Å². The van der Waals surface area contributed by atoms with Crippen molar-refractivity contribution in [3.63, 3.8) is 0 Å². The van der Waals surface area contributed by atoms with Crippen molar-refractivity contribution in [1.29, 1.82) is 0 Å². The van der Waals surface area contributed by atoms with E-state index in [-0.39, 0.29) is 5.41 Å². The molecule has 0 heterocycles. The van der Waals surface area contributed by atoms with E-state index in [0.29, 0.717) is 18.0 Å². The lowest BCUT2D eigenvalue weighted by Crippen LogP contribution is -2.29. The van der Waals surface area contributed by atoms with Crippen LogP contribution in [0, 0.1) is 27.3 Å². The largest absolute Gasteiger partial charge is 0.312 e. The Balaban J connectivity index is 2.56. The maximum absolute atomic E-state index is 13.4. The lowest BCUT2D eigenvalue weighted by Gasteiger charge is -2.27. The molecule has 1 atom stereocenters. The van der Waals surface area contributed by atoms with Crippen molar-refractivity contribution in [2.75, 3.05) is 6.54 Å². The summed E-state index contributed by atoms with van der Waals surface area (Å²) < 4.78 is 13.4. The molecule has 1 N–H and O–H groups in total. The summed E-state index contributed by atoms with van der Waals surface area (Å²) in [6, 6.07) is 4.00. The van der Waals surface area contributed by atoms with E-state index in [9.17, 15) is 14.5 Å². The molecule has 0 aliphatic rings. The van der Waals surface area contributed by atoms with Crippen LogP contribution in [0.3, 0.4) is 0 Å². The molecule has 19 heavy (non-hydrogen) atoms. The average Bonchev–Trinajstić information content (AvgIpc) is 2.27. The molecule has 1 aromatic rings. The number of hydrogen-bond donors (Lipinski definition) is 1. The fourth-order valence-electron chi connectivity index (χ4n) is 1.55. The van der Waals surface area contributed by atoms with Crippen LogP contribution in [0.2, 0.25) is 0 Å². The van der Waals surface area contributed by atoms with Crippen molar-refractivity contribution in [2.45, 2.75) is 34.2 Å². The summed E-state index contributed by atoms with van der Waals surface area (Å²) in [5.41, 5.74) is 0.448. The molecule has 5 heteroatoms. The Bertz CT molecular complexity index is 455. The van der Waals surface area contributed by atoms with E-state index in [0.717, 1.165) is 6.54 Å². The maximum atomic E-state index is 13.4. The van der Waals surface area contributed by atoms with Gasteiger partial charge in [-0.25, -0.2) is 0 Å². The van der Waals surface area contributed by atoms with E-state index >= 15 is 0 Å². The highest BCUT2D eigenvalue weighted by molar-refractivity contribution is 5.34. The van der Waals surface area contributed by atoms with Crippen LogP contribution >= 0.6 is 0 Å². The third kappa shape index (κ3) is 4.59. The zero-order valence-corrected chi connectivity index (χ0v) is 11.9. The number of halogens is 1. The van der Waals surface area contributed by atoms with Gasteiger partial charge in [-0.2, -0.15) is 4.39 Å². The Hall–Kier alpha value is -1.49. The van der Waals surface area contributed by atoms with Gasteiger partial charge in [0.15, 0.2) is 0 Å². The van der Waals surface area contributed by atoms with Gasteiger partial charge in [0.1, 0.15) is 0 Å². The third-order valence-electron chi connectivity index (χ3n) is 3.47. The van der Waals surface area contributed by atoms with Crippen LogP contribution in [0.4, 0.5) is 10.1 Å². The molecular weight excluding hydrogens is 247 g/mol. The molecule has 1 rings (SSSR count). The van der Waals surface area contributed by atoms with Gasteiger partial charge in [0.25, 0.3) is 0 Å². The second-order valence-electron chi connectivity index (χ2n) is 5.94. The monoisotopic (exact) mass is 268 g/mol. The summed E-state index contributed by atoms with van der Waals surface area (Å²) in [5.74, 6) is -0.302. The van der Waals surface area contributed by atoms with Gasteiger partial charge in [-0.1, -0.05) is 33.8 Å². The molecular formula is C14H21FN2O2. The van der Waals surface area contributed by atoms with E-state index in [4.69, 9.17) is 0 Å². The highest BCUT2D eigenvalue weighted by atomic mass is 19.1. The minimum atomic E-state index is -0.784. The van der Waals surface area contributed by atoms with E-state index in [1.807, 2.05) is 0 Å². The normalized spacial score (nSPS) is 13.3. The predicted molar refractivity (Wildman–Crippen MR) is 73.4 cm³/mol. The molecule has 0 fully saturated rings. The molecule has 0 saturated heterocycles. The molecule has 0 aromatic heterocycles. The van der Waals surface area contributed by atoms with Gasteiger partial charge < -0.3 is 5.32 Å². The minimum absolute atomic E-state index is 0.216. The third-order valence-corrected chi connectivity index (χ3v) is 3.47. The molecule has 0 aliphatic heterocycles. The van der Waals surface area contributed by atoms with Crippen molar-refractivity contribution in [3.05, 3.63) is 39.7 Å². The highest BCUT2D eigenvalue weighted by Crippen LogP contribution is 2.24. The Morgan fingerprint density at radius 2 is 2.05 bits per heavy atom. The first-order valence-corrected chi connectivity index (χ1v) is 6.35. The van der Waals surface area contributed by atoms with Crippen LogP contribution in [0.5, 0.6) is 0 Å². The lowest BCUT2D eigenvalue weighted by molar-refractivity contribution is -0.387. The highest BCUT2D eigenvalue weighted by Gasteiger charge is 2.19. The molecule has 1 unspecified atom stereocenters. The summed E-state index contributed by atoms with van der Waals surface area (Å²) in [5, 5.41) is 13.7. The molecule has 0 saturated carbocycles. The fraction of sp³-hybridized carbons (Fsp3) is 0.571. The molecule has 0 bridgehead atoms. The van der Waals surface area contributed by atoms with Gasteiger partial charge in [0.2, 0.25) is 5.82 Å². The first-order chi connectivity index (χ1) is 8.71. The molecule has 0 spiro atoms. The Labute approximate surface area is 113 Å². The summed E-state index contributed by atoms with van der Waals surface area (Å²) in [6.07, 6.45) is 0. The number of hydrogen-bond acceptors (Lipinski definition) is 3. The number of nitrogens with one attached hydrogen (secondary N) is 1. The fourth-order valence-corrected chi connectivity index (χ4v) is 1.55. The van der Waals surface area contributed by atoms with E-state index in [2.05, 4.69) is 33.0 Å². The topological polar surface area (TPSA) is 55.2 Å². The molecule has 4 nitrogen and oxygen atoms in total. The number of benzene rings is 1. The van der Waals surface area contributed by atoms with Gasteiger partial charge in [0, 0.05) is 12.6 Å². The van der Waals surface area contributed by atoms with Crippen LogP contribution in [-0.4, -0.2) is 11.5 Å². The van der Waals surface area contributed by atoms with Crippen LogP contribution < -0.4 is 5.32 Å². The summed E-state index contributed by atoms with van der Waals surface area (Å²) >= 11 is 0. The number of rotatable bonds is 5. The van der Waals surface area contributed by atoms with Gasteiger partial charge in [-0.3, -0.25) is 10.1 Å². The maximum Gasteiger partial charge on any atom is 0.304 e. The van der Waals surface area contributed by atoms with Gasteiger partial charge >= 0.3 is 5.69 Å². The average molecular weight is 268 g/mol. The summed E-state index contributed by atoms with van der Waals surface area (Å²) in [7, 11) is 0. The van der Waals surface area contributed by atoms with E-state index in [1.54, 1.807) is 6.07 Å². The molecule has 0 amide bonds. The molecule has 0 aliphatic carbocycles.